The predicted octanol–water partition coefficient (Wildman–Crippen LogP) is 4.61. The lowest BCUT2D eigenvalue weighted by atomic mass is 10.2. The van der Waals surface area contributed by atoms with Gasteiger partial charge in [-0.25, -0.2) is 22.6 Å². The SMILES string of the molecule is COc1cc(S(=O)(=O)Nc2ccccc2F)cc(C(=O)OCc2nc3ccccc3s2)c1OC. The fourth-order valence-corrected chi connectivity index (χ4v) is 5.17. The van der Waals surface area contributed by atoms with Gasteiger partial charge in [-0.2, -0.15) is 0 Å². The molecule has 0 bridgehead atoms. The lowest BCUT2D eigenvalue weighted by Gasteiger charge is -2.15. The number of hydrogen-bond acceptors (Lipinski definition) is 8. The van der Waals surface area contributed by atoms with Crippen molar-refractivity contribution in [1.82, 2.24) is 4.98 Å². The van der Waals surface area contributed by atoms with Gasteiger partial charge in [0.1, 0.15) is 23.0 Å². The topological polar surface area (TPSA) is 104 Å². The van der Waals surface area contributed by atoms with Gasteiger partial charge in [0.05, 0.1) is 35.0 Å². The first-order valence-electron chi connectivity index (χ1n) is 9.87. The Kier molecular flexibility index (Phi) is 6.66. The van der Waals surface area contributed by atoms with Crippen molar-refractivity contribution in [2.24, 2.45) is 0 Å². The van der Waals surface area contributed by atoms with E-state index in [1.54, 1.807) is 0 Å². The minimum Gasteiger partial charge on any atom is -0.493 e. The van der Waals surface area contributed by atoms with Crippen LogP contribution < -0.4 is 14.2 Å². The van der Waals surface area contributed by atoms with Gasteiger partial charge in [0.25, 0.3) is 10.0 Å². The van der Waals surface area contributed by atoms with Crippen LogP contribution >= 0.6 is 11.3 Å². The van der Waals surface area contributed by atoms with Crippen molar-refractivity contribution < 1.29 is 31.8 Å². The maximum atomic E-state index is 14.0. The minimum absolute atomic E-state index is 0.00152. The number of aromatic nitrogens is 1. The molecule has 34 heavy (non-hydrogen) atoms. The summed E-state index contributed by atoms with van der Waals surface area (Å²) in [6.07, 6.45) is 0. The Hall–Kier alpha value is -3.70. The van der Waals surface area contributed by atoms with E-state index in [1.165, 1.54) is 49.8 Å². The van der Waals surface area contributed by atoms with Crippen molar-refractivity contribution in [3.8, 4) is 11.5 Å². The van der Waals surface area contributed by atoms with Crippen LogP contribution in [0.2, 0.25) is 0 Å². The molecule has 1 aromatic heterocycles. The van der Waals surface area contributed by atoms with Crippen molar-refractivity contribution in [3.63, 3.8) is 0 Å². The van der Waals surface area contributed by atoms with Crippen LogP contribution in [-0.2, 0) is 21.4 Å². The molecule has 1 N–H and O–H groups in total. The lowest BCUT2D eigenvalue weighted by molar-refractivity contribution is 0.0468. The van der Waals surface area contributed by atoms with Crippen LogP contribution in [-0.4, -0.2) is 33.6 Å². The summed E-state index contributed by atoms with van der Waals surface area (Å²) in [5.74, 6) is -1.59. The van der Waals surface area contributed by atoms with Crippen molar-refractivity contribution in [2.75, 3.05) is 18.9 Å². The van der Waals surface area contributed by atoms with Gasteiger partial charge in [0.15, 0.2) is 11.5 Å². The van der Waals surface area contributed by atoms with E-state index in [2.05, 4.69) is 9.71 Å². The number of halogens is 1. The van der Waals surface area contributed by atoms with Gasteiger partial charge in [-0.3, -0.25) is 4.72 Å². The third-order valence-electron chi connectivity index (χ3n) is 4.77. The number of fused-ring (bicyclic) bond motifs is 1. The fourth-order valence-electron chi connectivity index (χ4n) is 3.18. The highest BCUT2D eigenvalue weighted by Gasteiger charge is 2.26. The van der Waals surface area contributed by atoms with Crippen LogP contribution in [0.5, 0.6) is 11.5 Å². The number of nitrogens with zero attached hydrogens (tertiary/aromatic N) is 1. The Balaban J connectivity index is 1.64. The van der Waals surface area contributed by atoms with E-state index in [1.807, 2.05) is 24.3 Å². The first-order valence-corrected chi connectivity index (χ1v) is 12.2. The van der Waals surface area contributed by atoms with Gasteiger partial charge >= 0.3 is 5.97 Å². The van der Waals surface area contributed by atoms with E-state index >= 15 is 0 Å². The third kappa shape index (κ3) is 4.80. The monoisotopic (exact) mass is 502 g/mol. The molecule has 8 nitrogen and oxygen atoms in total. The highest BCUT2D eigenvalue weighted by atomic mass is 32.2. The fraction of sp³-hybridized carbons (Fsp3) is 0.130. The van der Waals surface area contributed by atoms with Gasteiger partial charge in [-0.05, 0) is 30.3 Å². The molecule has 3 aromatic carbocycles. The van der Waals surface area contributed by atoms with Crippen molar-refractivity contribution in [2.45, 2.75) is 11.5 Å². The van der Waals surface area contributed by atoms with Gasteiger partial charge in [0, 0.05) is 6.07 Å². The van der Waals surface area contributed by atoms with Crippen molar-refractivity contribution in [3.05, 3.63) is 77.1 Å². The molecule has 0 unspecified atom stereocenters. The summed E-state index contributed by atoms with van der Waals surface area (Å²) in [6.45, 7) is -0.117. The van der Waals surface area contributed by atoms with E-state index in [4.69, 9.17) is 14.2 Å². The number of thiazole rings is 1. The third-order valence-corrected chi connectivity index (χ3v) is 7.12. The lowest BCUT2D eigenvalue weighted by Crippen LogP contribution is -2.16. The average Bonchev–Trinajstić information content (AvgIpc) is 3.26. The molecular formula is C23H19FN2O6S2. The van der Waals surface area contributed by atoms with Crippen LogP contribution in [0.15, 0.2) is 65.6 Å². The Morgan fingerprint density at radius 1 is 1.06 bits per heavy atom. The normalized spacial score (nSPS) is 11.3. The number of nitrogens with one attached hydrogen (secondary N) is 1. The zero-order valence-electron chi connectivity index (χ0n) is 18.1. The van der Waals surface area contributed by atoms with Crippen molar-refractivity contribution in [1.29, 1.82) is 0 Å². The molecule has 0 aliphatic heterocycles. The summed E-state index contributed by atoms with van der Waals surface area (Å²) in [7, 11) is -1.66. The number of ether oxygens (including phenoxy) is 3. The second-order valence-electron chi connectivity index (χ2n) is 6.94. The van der Waals surface area contributed by atoms with Crippen LogP contribution in [0, 0.1) is 5.82 Å². The number of carbonyl (C=O) groups is 1. The van der Waals surface area contributed by atoms with Crippen LogP contribution in [0.3, 0.4) is 0 Å². The molecule has 0 fully saturated rings. The maximum Gasteiger partial charge on any atom is 0.342 e. The maximum absolute atomic E-state index is 14.0. The first kappa shape index (κ1) is 23.5. The summed E-state index contributed by atoms with van der Waals surface area (Å²) in [4.78, 5) is 17.0. The summed E-state index contributed by atoms with van der Waals surface area (Å²) >= 11 is 1.38. The highest BCUT2D eigenvalue weighted by Crippen LogP contribution is 2.35. The summed E-state index contributed by atoms with van der Waals surface area (Å²) in [6, 6.07) is 15.1. The number of benzene rings is 3. The number of hydrogen-bond donors (Lipinski definition) is 1. The summed E-state index contributed by atoms with van der Waals surface area (Å²) < 4.78 is 58.9. The molecule has 0 amide bonds. The number of esters is 1. The second kappa shape index (κ2) is 9.65. The molecule has 4 aromatic rings. The van der Waals surface area contributed by atoms with E-state index in [0.717, 1.165) is 22.3 Å². The molecule has 1 heterocycles. The van der Waals surface area contributed by atoms with Crippen LogP contribution in [0.25, 0.3) is 10.2 Å². The average molecular weight is 503 g/mol. The summed E-state index contributed by atoms with van der Waals surface area (Å²) in [5, 5.41) is 0.575. The van der Waals surface area contributed by atoms with Gasteiger partial charge in [0.2, 0.25) is 0 Å². The largest absolute Gasteiger partial charge is 0.493 e. The highest BCUT2D eigenvalue weighted by molar-refractivity contribution is 7.92. The molecule has 0 saturated carbocycles. The van der Waals surface area contributed by atoms with Crippen molar-refractivity contribution >= 4 is 43.2 Å². The number of sulfonamides is 1. The number of anilines is 1. The molecule has 0 aliphatic carbocycles. The van der Waals surface area contributed by atoms with Crippen LogP contribution in [0.1, 0.15) is 15.4 Å². The molecule has 0 spiro atoms. The Labute approximate surface area is 199 Å². The first-order chi connectivity index (χ1) is 16.3. The van der Waals surface area contributed by atoms with Gasteiger partial charge in [-0.15, -0.1) is 11.3 Å². The molecule has 0 radical (unpaired) electrons. The predicted molar refractivity (Wildman–Crippen MR) is 125 cm³/mol. The molecule has 4 rings (SSSR count). The molecular weight excluding hydrogens is 483 g/mol. The molecule has 0 aliphatic rings. The number of methoxy groups -OCH3 is 2. The minimum atomic E-state index is -4.28. The number of carbonyl (C=O) groups excluding carboxylic acids is 1. The summed E-state index contributed by atoms with van der Waals surface area (Å²) in [5.41, 5.74) is 0.374. The van der Waals surface area contributed by atoms with E-state index in [9.17, 15) is 17.6 Å². The van der Waals surface area contributed by atoms with E-state index < -0.39 is 21.8 Å². The Morgan fingerprint density at radius 2 is 1.79 bits per heavy atom. The van der Waals surface area contributed by atoms with Gasteiger partial charge < -0.3 is 14.2 Å². The molecule has 0 saturated heterocycles. The van der Waals surface area contributed by atoms with E-state index in [0.29, 0.717) is 5.01 Å². The molecule has 0 atom stereocenters. The smallest absolute Gasteiger partial charge is 0.342 e. The van der Waals surface area contributed by atoms with Crippen LogP contribution in [0.4, 0.5) is 10.1 Å². The quantitative estimate of drug-likeness (QED) is 0.351. The molecule has 11 heteroatoms. The zero-order chi connectivity index (χ0) is 24.3. The second-order valence-corrected chi connectivity index (χ2v) is 9.74. The number of para-hydroxylation sites is 2. The Bertz CT molecular complexity index is 1440. The molecule has 176 valence electrons. The Morgan fingerprint density at radius 3 is 2.50 bits per heavy atom. The van der Waals surface area contributed by atoms with Gasteiger partial charge in [-0.1, -0.05) is 24.3 Å². The standard InChI is InChI=1S/C23H19FN2O6S2/c1-30-19-12-14(34(28,29)26-17-8-4-3-7-16(17)24)11-15(22(19)31-2)23(27)32-13-21-25-18-9-5-6-10-20(18)33-21/h3-12,26H,13H2,1-2H3. The zero-order valence-corrected chi connectivity index (χ0v) is 19.7. The number of rotatable bonds is 8. The van der Waals surface area contributed by atoms with E-state index in [-0.39, 0.29) is 34.3 Å².